The van der Waals surface area contributed by atoms with Crippen LogP contribution in [0.15, 0.2) is 0 Å². The van der Waals surface area contributed by atoms with E-state index in [9.17, 15) is 18.3 Å². The van der Waals surface area contributed by atoms with Crippen LogP contribution in [-0.4, -0.2) is 55.7 Å². The Morgan fingerprint density at radius 1 is 1.16 bits per heavy atom. The number of anilines is 1. The molecule has 0 atom stereocenters. The first-order valence-corrected chi connectivity index (χ1v) is 9.94. The normalized spacial score (nSPS) is 22.6. The van der Waals surface area contributed by atoms with E-state index in [0.717, 1.165) is 0 Å². The summed E-state index contributed by atoms with van der Waals surface area (Å²) in [5.74, 6) is -0.714. The highest BCUT2D eigenvalue weighted by Gasteiger charge is 2.47. The van der Waals surface area contributed by atoms with Crippen molar-refractivity contribution in [3.8, 4) is 0 Å². The molecule has 1 aromatic heterocycles. The highest BCUT2D eigenvalue weighted by atomic mass is 32.2. The quantitative estimate of drug-likeness (QED) is 0.801. The zero-order valence-electron chi connectivity index (χ0n) is 15.4. The molecule has 0 radical (unpaired) electrons. The fourth-order valence-corrected chi connectivity index (χ4v) is 4.74. The number of aliphatic hydroxyl groups excluding tert-OH is 1. The summed E-state index contributed by atoms with van der Waals surface area (Å²) in [7, 11) is -3.73. The molecule has 0 saturated heterocycles. The fraction of sp³-hybridized carbons (Fsp3) is 0.867. The Morgan fingerprint density at radius 3 is 2.20 bits per heavy atom. The molecule has 2 rings (SSSR count). The van der Waals surface area contributed by atoms with Gasteiger partial charge in [0.1, 0.15) is 4.75 Å². The van der Waals surface area contributed by atoms with Gasteiger partial charge in [-0.2, -0.15) is 4.80 Å². The number of rotatable bonds is 4. The number of aliphatic hydroxyl groups is 1. The summed E-state index contributed by atoms with van der Waals surface area (Å²) in [6, 6.07) is 0. The highest BCUT2D eigenvalue weighted by Crippen LogP contribution is 2.32. The second kappa shape index (κ2) is 6.64. The van der Waals surface area contributed by atoms with Crippen LogP contribution < -0.4 is 5.32 Å². The van der Waals surface area contributed by atoms with Crippen molar-refractivity contribution in [2.24, 2.45) is 0 Å². The van der Waals surface area contributed by atoms with E-state index in [0.29, 0.717) is 25.7 Å². The van der Waals surface area contributed by atoms with Crippen LogP contribution in [0.4, 0.5) is 5.95 Å². The molecule has 0 aliphatic heterocycles. The van der Waals surface area contributed by atoms with Crippen LogP contribution in [0.25, 0.3) is 0 Å². The summed E-state index contributed by atoms with van der Waals surface area (Å²) >= 11 is 0. The highest BCUT2D eigenvalue weighted by molar-refractivity contribution is 7.94. The number of nitrogens with one attached hydrogen (secondary N) is 1. The van der Waals surface area contributed by atoms with Crippen LogP contribution in [0.1, 0.15) is 60.3 Å². The van der Waals surface area contributed by atoms with Crippen LogP contribution in [0.5, 0.6) is 0 Å². The zero-order valence-corrected chi connectivity index (χ0v) is 16.2. The van der Waals surface area contributed by atoms with Gasteiger partial charge in [-0.15, -0.1) is 5.10 Å². The Kier molecular flexibility index (Phi) is 5.25. The molecule has 0 spiro atoms. The Labute approximate surface area is 148 Å². The fourth-order valence-electron chi connectivity index (χ4n) is 2.70. The van der Waals surface area contributed by atoms with Crippen molar-refractivity contribution in [1.29, 1.82) is 0 Å². The Bertz CT molecular complexity index is 727. The number of tetrazole rings is 1. The van der Waals surface area contributed by atoms with Crippen molar-refractivity contribution in [3.63, 3.8) is 0 Å². The summed E-state index contributed by atoms with van der Waals surface area (Å²) in [5, 5.41) is 23.1. The van der Waals surface area contributed by atoms with E-state index in [-0.39, 0.29) is 5.95 Å². The molecule has 0 unspecified atom stereocenters. The predicted molar refractivity (Wildman–Crippen MR) is 92.7 cm³/mol. The lowest BCUT2D eigenvalue weighted by Crippen LogP contribution is -2.50. The maximum atomic E-state index is 12.9. The summed E-state index contributed by atoms with van der Waals surface area (Å²) in [5.41, 5.74) is -0.402. The van der Waals surface area contributed by atoms with Gasteiger partial charge in [0.05, 0.1) is 16.9 Å². The van der Waals surface area contributed by atoms with Crippen molar-refractivity contribution in [1.82, 2.24) is 20.2 Å². The minimum atomic E-state index is -3.73. The zero-order chi connectivity index (χ0) is 19.0. The number of hydrogen-bond donors (Lipinski definition) is 2. The first kappa shape index (κ1) is 19.8. The lowest BCUT2D eigenvalue weighted by atomic mass is 9.97. The van der Waals surface area contributed by atoms with E-state index in [1.807, 2.05) is 20.8 Å². The summed E-state index contributed by atoms with van der Waals surface area (Å²) in [6.45, 7) is 8.41. The first-order chi connectivity index (χ1) is 11.4. The van der Waals surface area contributed by atoms with Crippen molar-refractivity contribution in [3.05, 3.63) is 0 Å². The Balaban J connectivity index is 2.15. The van der Waals surface area contributed by atoms with E-state index >= 15 is 0 Å². The van der Waals surface area contributed by atoms with Gasteiger partial charge < -0.3 is 5.11 Å². The summed E-state index contributed by atoms with van der Waals surface area (Å²) < 4.78 is 24.2. The second-order valence-corrected chi connectivity index (χ2v) is 10.8. The average molecular weight is 373 g/mol. The van der Waals surface area contributed by atoms with Gasteiger partial charge >= 0.3 is 0 Å². The molecule has 10 heteroatoms. The van der Waals surface area contributed by atoms with Crippen molar-refractivity contribution >= 4 is 21.7 Å². The molecule has 1 fully saturated rings. The van der Waals surface area contributed by atoms with Crippen molar-refractivity contribution in [2.75, 3.05) is 5.32 Å². The maximum absolute atomic E-state index is 12.9. The van der Waals surface area contributed by atoms with E-state index in [1.54, 1.807) is 0 Å². The molecular formula is C15H27N5O4S. The molecule has 0 aromatic carbocycles. The molecule has 1 saturated carbocycles. The Hall–Kier alpha value is -1.55. The van der Waals surface area contributed by atoms with Gasteiger partial charge in [-0.1, -0.05) is 5.10 Å². The molecule has 9 nitrogen and oxygen atoms in total. The summed E-state index contributed by atoms with van der Waals surface area (Å²) in [6.07, 6.45) is 1.13. The SMILES string of the molecule is CC(C)(C)n1nnc(NC(=O)C(C)(C)S(=O)(=O)C2CCC(O)CC2)n1. The smallest absolute Gasteiger partial charge is 0.270 e. The van der Waals surface area contributed by atoms with Gasteiger partial charge in [0.15, 0.2) is 9.84 Å². The molecule has 1 amide bonds. The third-order valence-corrected chi connectivity index (χ3v) is 7.54. The van der Waals surface area contributed by atoms with Gasteiger partial charge in [-0.25, -0.2) is 8.42 Å². The number of carbonyl (C=O) groups is 1. The second-order valence-electron chi connectivity index (χ2n) is 8.01. The topological polar surface area (TPSA) is 127 Å². The molecule has 25 heavy (non-hydrogen) atoms. The lowest BCUT2D eigenvalue weighted by Gasteiger charge is -2.32. The molecular weight excluding hydrogens is 346 g/mol. The maximum Gasteiger partial charge on any atom is 0.270 e. The lowest BCUT2D eigenvalue weighted by molar-refractivity contribution is -0.117. The molecule has 0 bridgehead atoms. The van der Waals surface area contributed by atoms with Crippen LogP contribution in [0.3, 0.4) is 0 Å². The van der Waals surface area contributed by atoms with Crippen molar-refractivity contribution in [2.45, 2.75) is 81.9 Å². The molecule has 2 N–H and O–H groups in total. The molecule has 1 aromatic rings. The van der Waals surface area contributed by atoms with E-state index in [4.69, 9.17) is 0 Å². The standard InChI is InChI=1S/C15H27N5O4S/c1-14(2,3)20-18-13(17-19-20)16-12(22)15(4,5)25(23,24)11-8-6-10(21)7-9-11/h10-11,21H,6-9H2,1-5H3,(H,16,18,22). The minimum absolute atomic E-state index is 0.0257. The minimum Gasteiger partial charge on any atom is -0.393 e. The summed E-state index contributed by atoms with van der Waals surface area (Å²) in [4.78, 5) is 13.9. The van der Waals surface area contributed by atoms with E-state index in [2.05, 4.69) is 20.7 Å². The number of aromatic nitrogens is 4. The number of hydrogen-bond acceptors (Lipinski definition) is 7. The number of amides is 1. The number of nitrogens with zero attached hydrogens (tertiary/aromatic N) is 4. The largest absolute Gasteiger partial charge is 0.393 e. The van der Waals surface area contributed by atoms with Gasteiger partial charge in [0, 0.05) is 0 Å². The van der Waals surface area contributed by atoms with Crippen LogP contribution >= 0.6 is 0 Å². The van der Waals surface area contributed by atoms with Crippen LogP contribution in [-0.2, 0) is 20.2 Å². The van der Waals surface area contributed by atoms with E-state index in [1.165, 1.54) is 18.6 Å². The van der Waals surface area contributed by atoms with Gasteiger partial charge in [-0.05, 0) is 65.5 Å². The molecule has 1 aliphatic carbocycles. The third-order valence-electron chi connectivity index (χ3n) is 4.58. The molecule has 1 aliphatic rings. The third kappa shape index (κ3) is 4.00. The number of sulfone groups is 1. The monoisotopic (exact) mass is 373 g/mol. The average Bonchev–Trinajstić information content (AvgIpc) is 2.96. The molecule has 142 valence electrons. The first-order valence-electron chi connectivity index (χ1n) is 8.39. The van der Waals surface area contributed by atoms with Crippen molar-refractivity contribution < 1.29 is 18.3 Å². The van der Waals surface area contributed by atoms with Gasteiger partial charge in [0.25, 0.3) is 5.95 Å². The predicted octanol–water partition coefficient (Wildman–Crippen LogP) is 0.863. The Morgan fingerprint density at radius 2 is 1.72 bits per heavy atom. The number of carbonyl (C=O) groups excluding carboxylic acids is 1. The molecule has 1 heterocycles. The van der Waals surface area contributed by atoms with Crippen LogP contribution in [0.2, 0.25) is 0 Å². The van der Waals surface area contributed by atoms with Gasteiger partial charge in [-0.3, -0.25) is 10.1 Å². The van der Waals surface area contributed by atoms with E-state index < -0.39 is 37.4 Å². The van der Waals surface area contributed by atoms with Gasteiger partial charge in [0.2, 0.25) is 5.91 Å². The van der Waals surface area contributed by atoms with Crippen LogP contribution in [0, 0.1) is 0 Å².